The van der Waals surface area contributed by atoms with Crippen LogP contribution >= 0.6 is 27.5 Å². The molecule has 1 aliphatic rings. The second-order valence-corrected chi connectivity index (χ2v) is 7.01. The van der Waals surface area contributed by atoms with E-state index >= 15 is 0 Å². The lowest BCUT2D eigenvalue weighted by Crippen LogP contribution is -2.35. The molecule has 0 N–H and O–H groups in total. The van der Waals surface area contributed by atoms with E-state index < -0.39 is 0 Å². The Kier molecular flexibility index (Phi) is 4.15. The Labute approximate surface area is 139 Å². The highest BCUT2D eigenvalue weighted by Gasteiger charge is 2.37. The fourth-order valence-electron chi connectivity index (χ4n) is 3.57. The molecule has 0 saturated heterocycles. The average molecular weight is 368 g/mol. The van der Waals surface area contributed by atoms with Gasteiger partial charge in [0.2, 0.25) is 0 Å². The van der Waals surface area contributed by atoms with E-state index in [1.165, 1.54) is 30.4 Å². The summed E-state index contributed by atoms with van der Waals surface area (Å²) in [6.45, 7) is 1.97. The molecule has 1 aliphatic carbocycles. The van der Waals surface area contributed by atoms with Crippen molar-refractivity contribution in [2.24, 2.45) is 7.05 Å². The smallest absolute Gasteiger partial charge is 0.0847 e. The quantitative estimate of drug-likeness (QED) is 0.725. The van der Waals surface area contributed by atoms with Gasteiger partial charge in [0, 0.05) is 24.2 Å². The zero-order valence-electron chi connectivity index (χ0n) is 12.5. The minimum atomic E-state index is 0.124. The van der Waals surface area contributed by atoms with Gasteiger partial charge in [-0.2, -0.15) is 5.10 Å². The van der Waals surface area contributed by atoms with Crippen LogP contribution < -0.4 is 0 Å². The molecule has 1 atom stereocenters. The minimum absolute atomic E-state index is 0.124. The Hall–Kier alpha value is -0.800. The summed E-state index contributed by atoms with van der Waals surface area (Å²) in [7, 11) is 1.99. The average Bonchev–Trinajstić information content (AvgIpc) is 2.74. The molecule has 0 amide bonds. The van der Waals surface area contributed by atoms with E-state index in [1.807, 2.05) is 18.7 Å². The number of rotatable bonds is 3. The van der Waals surface area contributed by atoms with Gasteiger partial charge in [0.1, 0.15) is 0 Å². The van der Waals surface area contributed by atoms with E-state index in [2.05, 4.69) is 45.3 Å². The van der Waals surface area contributed by atoms with Gasteiger partial charge >= 0.3 is 0 Å². The molecule has 1 heterocycles. The maximum Gasteiger partial charge on any atom is 0.0847 e. The Balaban J connectivity index is 2.06. The lowest BCUT2D eigenvalue weighted by Gasteiger charge is -2.38. The van der Waals surface area contributed by atoms with Crippen molar-refractivity contribution in [2.45, 2.75) is 38.0 Å². The van der Waals surface area contributed by atoms with Gasteiger partial charge in [0.15, 0.2) is 0 Å². The Morgan fingerprint density at radius 2 is 2.14 bits per heavy atom. The van der Waals surface area contributed by atoms with Crippen LogP contribution in [0.2, 0.25) is 5.02 Å². The van der Waals surface area contributed by atoms with Crippen molar-refractivity contribution in [3.05, 3.63) is 51.8 Å². The molecule has 2 aromatic rings. The first kappa shape index (κ1) is 15.1. The second kappa shape index (κ2) is 5.77. The number of aryl methyl sites for hydroxylation is 3. The van der Waals surface area contributed by atoms with Crippen molar-refractivity contribution < 1.29 is 0 Å². The van der Waals surface area contributed by atoms with E-state index in [4.69, 9.17) is 11.6 Å². The van der Waals surface area contributed by atoms with Crippen molar-refractivity contribution in [1.82, 2.24) is 9.78 Å². The van der Waals surface area contributed by atoms with Crippen molar-refractivity contribution in [3.8, 4) is 0 Å². The summed E-state index contributed by atoms with van der Waals surface area (Å²) in [5.41, 5.74) is 5.15. The lowest BCUT2D eigenvalue weighted by molar-refractivity contribution is 0.391. The molecule has 0 spiro atoms. The number of hydrogen-bond donors (Lipinski definition) is 0. The van der Waals surface area contributed by atoms with Crippen LogP contribution in [0.15, 0.2) is 24.3 Å². The largest absolute Gasteiger partial charge is 0.271 e. The third-order valence-corrected chi connectivity index (χ3v) is 6.28. The van der Waals surface area contributed by atoms with Crippen LogP contribution in [0.1, 0.15) is 35.4 Å². The first-order valence-electron chi connectivity index (χ1n) is 7.40. The maximum absolute atomic E-state index is 6.48. The van der Waals surface area contributed by atoms with Crippen molar-refractivity contribution >= 4 is 27.5 Å². The SMILES string of the molecule is Cc1nn(C)c(CC2(CBr)CCCc3ccccc32)c1Cl. The zero-order chi connectivity index (χ0) is 15.0. The van der Waals surface area contributed by atoms with Crippen LogP contribution in [0.25, 0.3) is 0 Å². The van der Waals surface area contributed by atoms with E-state index in [0.29, 0.717) is 0 Å². The van der Waals surface area contributed by atoms with E-state index in [9.17, 15) is 0 Å². The minimum Gasteiger partial charge on any atom is -0.271 e. The summed E-state index contributed by atoms with van der Waals surface area (Å²) in [5.74, 6) is 0. The Morgan fingerprint density at radius 3 is 2.81 bits per heavy atom. The maximum atomic E-state index is 6.48. The van der Waals surface area contributed by atoms with Gasteiger partial charge < -0.3 is 0 Å². The van der Waals surface area contributed by atoms with Crippen LogP contribution in [0, 0.1) is 6.92 Å². The lowest BCUT2D eigenvalue weighted by atomic mass is 9.69. The highest BCUT2D eigenvalue weighted by molar-refractivity contribution is 9.09. The monoisotopic (exact) mass is 366 g/mol. The first-order valence-corrected chi connectivity index (χ1v) is 8.90. The zero-order valence-corrected chi connectivity index (χ0v) is 14.8. The molecule has 112 valence electrons. The molecular weight excluding hydrogens is 348 g/mol. The highest BCUT2D eigenvalue weighted by Crippen LogP contribution is 2.42. The number of halogens is 2. The van der Waals surface area contributed by atoms with Gasteiger partial charge in [-0.3, -0.25) is 4.68 Å². The van der Waals surface area contributed by atoms with Crippen LogP contribution in [-0.2, 0) is 25.3 Å². The van der Waals surface area contributed by atoms with Gasteiger partial charge in [-0.25, -0.2) is 0 Å². The third-order valence-electron chi connectivity index (χ3n) is 4.71. The summed E-state index contributed by atoms with van der Waals surface area (Å²) < 4.78 is 1.94. The summed E-state index contributed by atoms with van der Waals surface area (Å²) >= 11 is 10.3. The number of hydrogen-bond acceptors (Lipinski definition) is 1. The molecular formula is C17H20BrClN2. The topological polar surface area (TPSA) is 17.8 Å². The molecule has 2 nitrogen and oxygen atoms in total. The molecule has 1 aromatic carbocycles. The summed E-state index contributed by atoms with van der Waals surface area (Å²) in [5, 5.41) is 6.24. The number of alkyl halides is 1. The predicted octanol–water partition coefficient (Wildman–Crippen LogP) is 4.59. The molecule has 0 fully saturated rings. The van der Waals surface area contributed by atoms with Gasteiger partial charge in [-0.15, -0.1) is 0 Å². The number of aromatic nitrogens is 2. The van der Waals surface area contributed by atoms with Crippen molar-refractivity contribution in [2.75, 3.05) is 5.33 Å². The predicted molar refractivity (Wildman–Crippen MR) is 91.5 cm³/mol. The molecule has 0 saturated carbocycles. The van der Waals surface area contributed by atoms with Gasteiger partial charge in [0.25, 0.3) is 0 Å². The van der Waals surface area contributed by atoms with E-state index in [-0.39, 0.29) is 5.41 Å². The second-order valence-electron chi connectivity index (χ2n) is 6.07. The van der Waals surface area contributed by atoms with Crippen molar-refractivity contribution in [3.63, 3.8) is 0 Å². The summed E-state index contributed by atoms with van der Waals surface area (Å²) in [4.78, 5) is 0. The number of nitrogens with zero attached hydrogens (tertiary/aromatic N) is 2. The van der Waals surface area contributed by atoms with Crippen LogP contribution in [0.3, 0.4) is 0 Å². The highest BCUT2D eigenvalue weighted by atomic mass is 79.9. The number of fused-ring (bicyclic) bond motifs is 1. The fraction of sp³-hybridized carbons (Fsp3) is 0.471. The normalized spacial score (nSPS) is 21.3. The van der Waals surface area contributed by atoms with Gasteiger partial charge in [-0.1, -0.05) is 51.8 Å². The molecule has 3 rings (SSSR count). The molecule has 21 heavy (non-hydrogen) atoms. The van der Waals surface area contributed by atoms with E-state index in [1.54, 1.807) is 0 Å². The first-order chi connectivity index (χ1) is 10.1. The third kappa shape index (κ3) is 2.55. The standard InChI is InChI=1S/C17H20BrClN2/c1-12-16(19)15(21(2)20-12)10-17(11-18)9-5-7-13-6-3-4-8-14(13)17/h3-4,6,8H,5,7,9-11H2,1-2H3. The Morgan fingerprint density at radius 1 is 1.38 bits per heavy atom. The van der Waals surface area contributed by atoms with Gasteiger partial charge in [0.05, 0.1) is 16.4 Å². The summed E-state index contributed by atoms with van der Waals surface area (Å²) in [6, 6.07) is 8.84. The molecule has 4 heteroatoms. The molecule has 0 radical (unpaired) electrons. The van der Waals surface area contributed by atoms with Crippen LogP contribution in [0.4, 0.5) is 0 Å². The number of benzene rings is 1. The summed E-state index contributed by atoms with van der Waals surface area (Å²) in [6.07, 6.45) is 4.54. The van der Waals surface area contributed by atoms with Crippen LogP contribution in [0.5, 0.6) is 0 Å². The molecule has 0 bridgehead atoms. The fourth-order valence-corrected chi connectivity index (χ4v) is 4.58. The van der Waals surface area contributed by atoms with Gasteiger partial charge in [-0.05, 0) is 37.3 Å². The van der Waals surface area contributed by atoms with Crippen LogP contribution in [-0.4, -0.2) is 15.1 Å². The Bertz CT molecular complexity index is 665. The van der Waals surface area contributed by atoms with Crippen molar-refractivity contribution in [1.29, 1.82) is 0 Å². The molecule has 0 aliphatic heterocycles. The molecule has 1 unspecified atom stereocenters. The molecule has 1 aromatic heterocycles. The van der Waals surface area contributed by atoms with E-state index in [0.717, 1.165) is 28.2 Å².